The zero-order chi connectivity index (χ0) is 3.58. The molecule has 0 unspecified atom stereocenters. The Morgan fingerprint density at radius 1 is 1.80 bits per heavy atom. The molecule has 0 aliphatic rings. The average Bonchev–Trinajstić information content (AvgIpc) is 0.811. The van der Waals surface area contributed by atoms with Crippen LogP contribution in [0.25, 0.3) is 0 Å². The molecular formula is C2H5NOZn. The van der Waals surface area contributed by atoms with Gasteiger partial charge in [-0.2, -0.15) is 0 Å². The van der Waals surface area contributed by atoms with Gasteiger partial charge >= 0.3 is 0 Å². The summed E-state index contributed by atoms with van der Waals surface area (Å²) in [6.07, 6.45) is 0. The Morgan fingerprint density at radius 2 is 1.80 bits per heavy atom. The van der Waals surface area contributed by atoms with Gasteiger partial charge in [0, 0.05) is 26.4 Å². The van der Waals surface area contributed by atoms with Gasteiger partial charge in [-0.3, -0.25) is 4.79 Å². The minimum atomic E-state index is -0.333. The van der Waals surface area contributed by atoms with Crippen molar-refractivity contribution in [1.82, 2.24) is 0 Å². The zero-order valence-corrected chi connectivity index (χ0v) is 6.16. The number of amides is 1. The first-order valence-electron chi connectivity index (χ1n) is 0.993. The summed E-state index contributed by atoms with van der Waals surface area (Å²) in [4.78, 5) is 9.22. The molecule has 3 heteroatoms. The fourth-order valence-corrected chi connectivity index (χ4v) is 0. The molecule has 5 heavy (non-hydrogen) atoms. The fourth-order valence-electron chi connectivity index (χ4n) is 0. The van der Waals surface area contributed by atoms with Gasteiger partial charge in [0.25, 0.3) is 0 Å². The monoisotopic (exact) mass is 123 g/mol. The number of rotatable bonds is 0. The van der Waals surface area contributed by atoms with Crippen molar-refractivity contribution in [2.24, 2.45) is 5.73 Å². The number of carbonyl (C=O) groups is 1. The van der Waals surface area contributed by atoms with Gasteiger partial charge in [-0.25, -0.2) is 0 Å². The Hall–Kier alpha value is 0.0934. The number of hydrogen-bond acceptors (Lipinski definition) is 1. The van der Waals surface area contributed by atoms with E-state index in [-0.39, 0.29) is 25.4 Å². The molecule has 0 saturated carbocycles. The van der Waals surface area contributed by atoms with Gasteiger partial charge < -0.3 is 5.73 Å². The van der Waals surface area contributed by atoms with Crippen molar-refractivity contribution >= 4 is 5.91 Å². The molecule has 1 amide bonds. The van der Waals surface area contributed by atoms with E-state index in [4.69, 9.17) is 0 Å². The van der Waals surface area contributed by atoms with E-state index in [1.54, 1.807) is 0 Å². The van der Waals surface area contributed by atoms with Gasteiger partial charge in [-0.1, -0.05) is 0 Å². The van der Waals surface area contributed by atoms with Crippen molar-refractivity contribution in [1.29, 1.82) is 0 Å². The number of hydrogen-bond donors (Lipinski definition) is 1. The quantitative estimate of drug-likeness (QED) is 0.434. The van der Waals surface area contributed by atoms with E-state index < -0.39 is 0 Å². The second kappa shape index (κ2) is 4.09. The molecule has 0 aliphatic heterocycles. The van der Waals surface area contributed by atoms with E-state index >= 15 is 0 Å². The van der Waals surface area contributed by atoms with Gasteiger partial charge in [0.05, 0.1) is 0 Å². The van der Waals surface area contributed by atoms with Crippen molar-refractivity contribution in [3.63, 3.8) is 0 Å². The smallest absolute Gasteiger partial charge is 0.214 e. The van der Waals surface area contributed by atoms with E-state index in [0.29, 0.717) is 0 Å². The standard InChI is InChI=1S/C2H5NO.Zn/c1-2(3)4;/h1H3,(H2,3,4);. The topological polar surface area (TPSA) is 43.1 Å². The van der Waals surface area contributed by atoms with Crippen molar-refractivity contribution in [3.05, 3.63) is 0 Å². The summed E-state index contributed by atoms with van der Waals surface area (Å²) in [5.41, 5.74) is 4.47. The first-order valence-corrected chi connectivity index (χ1v) is 0.993. The maximum atomic E-state index is 9.22. The third-order valence-corrected chi connectivity index (χ3v) is 0. The molecule has 0 heterocycles. The molecule has 0 aliphatic carbocycles. The third-order valence-electron chi connectivity index (χ3n) is 0. The molecule has 0 aromatic heterocycles. The summed E-state index contributed by atoms with van der Waals surface area (Å²) in [5.74, 6) is -0.333. The maximum Gasteiger partial charge on any atom is 0.214 e. The van der Waals surface area contributed by atoms with Gasteiger partial charge in [-0.05, 0) is 0 Å². The summed E-state index contributed by atoms with van der Waals surface area (Å²) in [6, 6.07) is 0. The van der Waals surface area contributed by atoms with Crippen LogP contribution < -0.4 is 5.73 Å². The number of carbonyl (C=O) groups excluding carboxylic acids is 1. The van der Waals surface area contributed by atoms with Crippen LogP contribution in [0.15, 0.2) is 0 Å². The second-order valence-corrected chi connectivity index (χ2v) is 0.611. The van der Waals surface area contributed by atoms with Crippen LogP contribution in [0.2, 0.25) is 0 Å². The Labute approximate surface area is 43.5 Å². The molecule has 2 N–H and O–H groups in total. The molecule has 0 fully saturated rings. The van der Waals surface area contributed by atoms with Crippen LogP contribution in [0.5, 0.6) is 0 Å². The van der Waals surface area contributed by atoms with E-state index in [1.165, 1.54) is 6.92 Å². The van der Waals surface area contributed by atoms with Gasteiger partial charge in [0.15, 0.2) is 0 Å². The second-order valence-electron chi connectivity index (χ2n) is 0.611. The predicted molar refractivity (Wildman–Crippen MR) is 14.9 cm³/mol. The third kappa shape index (κ3) is 2060. The molecule has 2 nitrogen and oxygen atoms in total. The zero-order valence-electron chi connectivity index (χ0n) is 3.19. The Balaban J connectivity index is 0. The SMILES string of the molecule is CC(N)=O.[Zn]. The Bertz CT molecular complexity index is 32.6. The van der Waals surface area contributed by atoms with Crippen molar-refractivity contribution in [2.45, 2.75) is 6.92 Å². The molecule has 0 spiro atoms. The van der Waals surface area contributed by atoms with Crippen LogP contribution in [0.1, 0.15) is 6.92 Å². The molecule has 0 saturated heterocycles. The molecule has 0 aromatic rings. The molecule has 0 rings (SSSR count). The predicted octanol–water partition coefficient (Wildman–Crippen LogP) is -0.511. The number of primary amides is 1. The van der Waals surface area contributed by atoms with Crippen LogP contribution >= 0.6 is 0 Å². The first kappa shape index (κ1) is 8.92. The average molecular weight is 124 g/mol. The summed E-state index contributed by atoms with van der Waals surface area (Å²) in [7, 11) is 0. The van der Waals surface area contributed by atoms with E-state index in [2.05, 4.69) is 5.73 Å². The van der Waals surface area contributed by atoms with Crippen LogP contribution in [0.3, 0.4) is 0 Å². The summed E-state index contributed by atoms with van der Waals surface area (Å²) in [6.45, 7) is 1.31. The molecule has 0 atom stereocenters. The fraction of sp³-hybridized carbons (Fsp3) is 0.500. The van der Waals surface area contributed by atoms with Crippen molar-refractivity contribution in [3.8, 4) is 0 Å². The molecule has 0 aromatic carbocycles. The van der Waals surface area contributed by atoms with Gasteiger partial charge in [0.2, 0.25) is 5.91 Å². The van der Waals surface area contributed by atoms with E-state index in [9.17, 15) is 4.79 Å². The van der Waals surface area contributed by atoms with Crippen LogP contribution in [-0.2, 0) is 24.3 Å². The van der Waals surface area contributed by atoms with Gasteiger partial charge in [0.1, 0.15) is 0 Å². The molecule has 26 valence electrons. The summed E-state index contributed by atoms with van der Waals surface area (Å²) in [5, 5.41) is 0. The van der Waals surface area contributed by atoms with E-state index in [0.717, 1.165) is 0 Å². The normalized spacial score (nSPS) is 5.00. The number of nitrogens with two attached hydrogens (primary N) is 1. The minimum Gasteiger partial charge on any atom is -0.370 e. The minimum absolute atomic E-state index is 0. The Morgan fingerprint density at radius 3 is 1.80 bits per heavy atom. The van der Waals surface area contributed by atoms with Crippen molar-refractivity contribution < 1.29 is 24.3 Å². The van der Waals surface area contributed by atoms with Crippen molar-refractivity contribution in [2.75, 3.05) is 0 Å². The largest absolute Gasteiger partial charge is 0.370 e. The van der Waals surface area contributed by atoms with Crippen LogP contribution in [0.4, 0.5) is 0 Å². The van der Waals surface area contributed by atoms with Gasteiger partial charge in [-0.15, -0.1) is 0 Å². The first-order chi connectivity index (χ1) is 1.73. The molecular weight excluding hydrogens is 119 g/mol. The van der Waals surface area contributed by atoms with Crippen LogP contribution in [0, 0.1) is 0 Å². The summed E-state index contributed by atoms with van der Waals surface area (Å²) >= 11 is 0. The molecule has 0 radical (unpaired) electrons. The molecule has 0 bridgehead atoms. The summed E-state index contributed by atoms with van der Waals surface area (Å²) < 4.78 is 0. The maximum absolute atomic E-state index is 9.22. The van der Waals surface area contributed by atoms with Crippen LogP contribution in [-0.4, -0.2) is 5.91 Å². The van der Waals surface area contributed by atoms with E-state index in [1.807, 2.05) is 0 Å². The Kier molecular flexibility index (Phi) is 7.30.